The molecule has 1 unspecified atom stereocenters. The predicted octanol–water partition coefficient (Wildman–Crippen LogP) is 13.6. The average Bonchev–Trinajstić information content (AvgIpc) is 3.82. The van der Waals surface area contributed by atoms with Crippen LogP contribution in [0.5, 0.6) is 0 Å². The zero-order chi connectivity index (χ0) is 33.5. The second-order valence-corrected chi connectivity index (χ2v) is 15.0. The number of fused-ring (bicyclic) bond motifs is 12. The molecule has 0 saturated carbocycles. The highest BCUT2D eigenvalue weighted by atomic mass is 32.1. The van der Waals surface area contributed by atoms with E-state index in [0.717, 1.165) is 24.2 Å². The van der Waals surface area contributed by atoms with Gasteiger partial charge in [0.15, 0.2) is 0 Å². The Labute approximate surface area is 302 Å². The topological polar surface area (TPSA) is 3.24 Å². The molecule has 8 aromatic rings. The Kier molecular flexibility index (Phi) is 6.23. The first-order valence-corrected chi connectivity index (χ1v) is 18.7. The van der Waals surface area contributed by atoms with E-state index in [4.69, 9.17) is 0 Å². The summed E-state index contributed by atoms with van der Waals surface area (Å²) in [4.78, 5) is 2.48. The van der Waals surface area contributed by atoms with Gasteiger partial charge in [0.05, 0.1) is 5.41 Å². The van der Waals surface area contributed by atoms with Gasteiger partial charge < -0.3 is 4.90 Å². The normalized spacial score (nSPS) is 16.8. The Morgan fingerprint density at radius 2 is 1.14 bits per heavy atom. The zero-order valence-electron chi connectivity index (χ0n) is 28.0. The lowest BCUT2D eigenvalue weighted by Gasteiger charge is -2.34. The number of anilines is 3. The van der Waals surface area contributed by atoms with Crippen molar-refractivity contribution in [1.29, 1.82) is 0 Å². The molecule has 51 heavy (non-hydrogen) atoms. The number of hydrogen-bond acceptors (Lipinski definition) is 2. The first-order valence-electron chi connectivity index (χ1n) is 17.9. The molecule has 1 spiro atoms. The number of nitrogens with zero attached hydrogens (tertiary/aromatic N) is 1. The molecule has 0 saturated heterocycles. The molecule has 0 fully saturated rings. The van der Waals surface area contributed by atoms with Crippen molar-refractivity contribution < 1.29 is 0 Å². The van der Waals surface area contributed by atoms with Crippen LogP contribution in [-0.2, 0) is 5.41 Å². The van der Waals surface area contributed by atoms with Gasteiger partial charge >= 0.3 is 0 Å². The molecule has 0 radical (unpaired) electrons. The van der Waals surface area contributed by atoms with Gasteiger partial charge in [-0.05, 0) is 117 Å². The summed E-state index contributed by atoms with van der Waals surface area (Å²) < 4.78 is 2.64. The second-order valence-electron chi connectivity index (χ2n) is 13.9. The monoisotopic (exact) mass is 667 g/mol. The average molecular weight is 668 g/mol. The largest absolute Gasteiger partial charge is 0.310 e. The molecule has 3 aliphatic carbocycles. The fourth-order valence-electron chi connectivity index (χ4n) is 9.29. The predicted molar refractivity (Wildman–Crippen MR) is 217 cm³/mol. The van der Waals surface area contributed by atoms with Crippen LogP contribution < -0.4 is 4.90 Å². The van der Waals surface area contributed by atoms with Crippen molar-refractivity contribution in [1.82, 2.24) is 0 Å². The Morgan fingerprint density at radius 3 is 2.04 bits per heavy atom. The van der Waals surface area contributed by atoms with E-state index < -0.39 is 0 Å². The van der Waals surface area contributed by atoms with E-state index in [1.165, 1.54) is 75.9 Å². The van der Waals surface area contributed by atoms with Gasteiger partial charge in [-0.3, -0.25) is 0 Å². The van der Waals surface area contributed by atoms with E-state index in [9.17, 15) is 0 Å². The van der Waals surface area contributed by atoms with Gasteiger partial charge in [0.2, 0.25) is 0 Å². The van der Waals surface area contributed by atoms with E-state index in [1.54, 1.807) is 5.57 Å². The maximum Gasteiger partial charge on any atom is 0.0689 e. The van der Waals surface area contributed by atoms with Crippen LogP contribution in [0, 0.1) is 0 Å². The van der Waals surface area contributed by atoms with Gasteiger partial charge in [0.1, 0.15) is 0 Å². The number of benzene rings is 7. The van der Waals surface area contributed by atoms with Gasteiger partial charge in [-0.1, -0.05) is 127 Å². The summed E-state index contributed by atoms with van der Waals surface area (Å²) in [6.07, 6.45) is 6.87. The molecule has 1 heterocycles. The van der Waals surface area contributed by atoms with Crippen LogP contribution in [0.4, 0.5) is 17.1 Å². The fourth-order valence-corrected chi connectivity index (χ4v) is 10.4. The molecule has 0 amide bonds. The van der Waals surface area contributed by atoms with Gasteiger partial charge in [-0.15, -0.1) is 11.3 Å². The Morgan fingerprint density at radius 1 is 0.471 bits per heavy atom. The van der Waals surface area contributed by atoms with Crippen molar-refractivity contribution in [3.8, 4) is 22.3 Å². The molecule has 1 nitrogen and oxygen atoms in total. The minimum Gasteiger partial charge on any atom is -0.310 e. The summed E-state index contributed by atoms with van der Waals surface area (Å²) in [5, 5.41) is 2.61. The third-order valence-corrected chi connectivity index (χ3v) is 12.5. The van der Waals surface area contributed by atoms with Crippen molar-refractivity contribution in [2.24, 2.45) is 0 Å². The highest BCUT2D eigenvalue weighted by Gasteiger charge is 2.52. The molecular weight excluding hydrogens is 635 g/mol. The first-order chi connectivity index (χ1) is 25.3. The Balaban J connectivity index is 1.18. The van der Waals surface area contributed by atoms with Crippen molar-refractivity contribution in [2.45, 2.75) is 18.3 Å². The quantitative estimate of drug-likeness (QED) is 0.181. The van der Waals surface area contributed by atoms with E-state index in [-0.39, 0.29) is 5.41 Å². The minimum atomic E-state index is -0.316. The SMILES string of the molecule is C1=CC2=C(CC1)C1(c3ccccc32)c2ccccc2-c2ccc(N(c3cccc(-c4ccccc4)c3)c3ccc4sc5ccccc5c4c3)cc21. The molecule has 7 aromatic carbocycles. The molecule has 11 rings (SSSR count). The van der Waals surface area contributed by atoms with Crippen LogP contribution >= 0.6 is 11.3 Å². The third kappa shape index (κ3) is 4.08. The molecule has 2 heteroatoms. The standard InChI is InChI=1S/C49H33NS/c1-2-13-32(14-3-1)33-15-12-16-34(29-33)50(35-26-28-48-42(30-35)41-20-7-11-24-47(41)51-48)36-25-27-40-39-19-6-10-23-45(39)49(46(40)31-36)43-21-8-4-17-37(43)38-18-5-9-22-44(38)49/h1-8,10-21,23-31H,9,22H2. The Bertz CT molecular complexity index is 2760. The minimum absolute atomic E-state index is 0.316. The van der Waals surface area contributed by atoms with Crippen molar-refractivity contribution >= 4 is 54.1 Å². The smallest absolute Gasteiger partial charge is 0.0689 e. The molecule has 3 aliphatic rings. The summed E-state index contributed by atoms with van der Waals surface area (Å²) >= 11 is 1.87. The zero-order valence-corrected chi connectivity index (χ0v) is 28.8. The third-order valence-electron chi connectivity index (χ3n) is 11.4. The lowest BCUT2D eigenvalue weighted by Crippen LogP contribution is -2.28. The van der Waals surface area contributed by atoms with Gasteiger partial charge in [-0.2, -0.15) is 0 Å². The molecule has 1 atom stereocenters. The van der Waals surface area contributed by atoms with E-state index >= 15 is 0 Å². The Hall–Kier alpha value is -5.96. The van der Waals surface area contributed by atoms with Crippen molar-refractivity contribution in [2.75, 3.05) is 4.90 Å². The van der Waals surface area contributed by atoms with E-state index in [0.29, 0.717) is 0 Å². The van der Waals surface area contributed by atoms with Crippen LogP contribution in [0.3, 0.4) is 0 Å². The summed E-state index contributed by atoms with van der Waals surface area (Å²) in [5.74, 6) is 0. The molecule has 0 aliphatic heterocycles. The lowest BCUT2D eigenvalue weighted by atomic mass is 9.68. The molecule has 0 bridgehead atoms. The second kappa shape index (κ2) is 11.0. The van der Waals surface area contributed by atoms with E-state index in [2.05, 4.69) is 181 Å². The summed E-state index contributed by atoms with van der Waals surface area (Å²) in [6, 6.07) is 61.1. The number of allylic oxidation sites excluding steroid dienone is 4. The maximum atomic E-state index is 2.52. The van der Waals surface area contributed by atoms with Gasteiger partial charge in [0, 0.05) is 37.2 Å². The highest BCUT2D eigenvalue weighted by molar-refractivity contribution is 7.25. The number of rotatable bonds is 4. The van der Waals surface area contributed by atoms with Crippen LogP contribution in [0.25, 0.3) is 48.0 Å². The summed E-state index contributed by atoms with van der Waals surface area (Å²) in [7, 11) is 0. The van der Waals surface area contributed by atoms with Crippen molar-refractivity contribution in [3.63, 3.8) is 0 Å². The highest BCUT2D eigenvalue weighted by Crippen LogP contribution is 2.64. The fraction of sp³-hybridized carbons (Fsp3) is 0.0612. The summed E-state index contributed by atoms with van der Waals surface area (Å²) in [5.41, 5.74) is 16.8. The molecule has 0 N–H and O–H groups in total. The van der Waals surface area contributed by atoms with Crippen LogP contribution in [-0.4, -0.2) is 0 Å². The first kappa shape index (κ1) is 28.8. The van der Waals surface area contributed by atoms with Crippen LogP contribution in [0.2, 0.25) is 0 Å². The summed E-state index contributed by atoms with van der Waals surface area (Å²) in [6.45, 7) is 0. The van der Waals surface area contributed by atoms with Crippen LogP contribution in [0.1, 0.15) is 35.1 Å². The lowest BCUT2D eigenvalue weighted by molar-refractivity contribution is 0.714. The van der Waals surface area contributed by atoms with E-state index in [1.807, 2.05) is 11.3 Å². The van der Waals surface area contributed by atoms with Crippen LogP contribution in [0.15, 0.2) is 182 Å². The molecule has 1 aromatic heterocycles. The van der Waals surface area contributed by atoms with Gasteiger partial charge in [-0.25, -0.2) is 0 Å². The molecule has 240 valence electrons. The maximum absolute atomic E-state index is 2.52. The number of thiophene rings is 1. The van der Waals surface area contributed by atoms with Gasteiger partial charge in [0.25, 0.3) is 0 Å². The number of hydrogen-bond donors (Lipinski definition) is 0. The molecular formula is C49H33NS. The van der Waals surface area contributed by atoms with Crippen molar-refractivity contribution in [3.05, 3.63) is 204 Å².